The van der Waals surface area contributed by atoms with E-state index in [-0.39, 0.29) is 11.9 Å². The molecule has 1 aromatic rings. The van der Waals surface area contributed by atoms with Gasteiger partial charge in [0.2, 0.25) is 0 Å². The second-order valence-electron chi connectivity index (χ2n) is 7.03. The fraction of sp³-hybridized carbons (Fsp3) is 0.647. The topological polar surface area (TPSA) is 12.0 Å². The van der Waals surface area contributed by atoms with E-state index in [1.807, 2.05) is 7.05 Å². The van der Waals surface area contributed by atoms with E-state index in [0.717, 1.165) is 6.42 Å². The Bertz CT molecular complexity index is 425. The van der Waals surface area contributed by atoms with Crippen molar-refractivity contribution in [2.45, 2.75) is 53.0 Å². The van der Waals surface area contributed by atoms with Gasteiger partial charge in [-0.25, -0.2) is 4.39 Å². The van der Waals surface area contributed by atoms with Gasteiger partial charge in [0, 0.05) is 11.1 Å². The molecule has 0 radical (unpaired) electrons. The molecule has 0 saturated carbocycles. The maximum atomic E-state index is 13.8. The van der Waals surface area contributed by atoms with Crippen LogP contribution >= 0.6 is 11.6 Å². The van der Waals surface area contributed by atoms with Gasteiger partial charge in [0.1, 0.15) is 5.82 Å². The van der Waals surface area contributed by atoms with E-state index in [4.69, 9.17) is 11.6 Å². The third-order valence-corrected chi connectivity index (χ3v) is 3.77. The fourth-order valence-corrected chi connectivity index (χ4v) is 3.08. The molecular formula is C17H27ClFN. The molecule has 2 unspecified atom stereocenters. The summed E-state index contributed by atoms with van der Waals surface area (Å²) in [5.74, 6) is 0.438. The van der Waals surface area contributed by atoms with E-state index in [1.165, 1.54) is 12.5 Å². The molecule has 0 saturated heterocycles. The Morgan fingerprint density at radius 3 is 2.50 bits per heavy atom. The number of hydrogen-bond donors (Lipinski definition) is 1. The summed E-state index contributed by atoms with van der Waals surface area (Å²) >= 11 is 5.95. The monoisotopic (exact) mass is 299 g/mol. The largest absolute Gasteiger partial charge is 0.317 e. The van der Waals surface area contributed by atoms with Crippen LogP contribution in [-0.4, -0.2) is 13.1 Å². The first kappa shape index (κ1) is 17.5. The Labute approximate surface area is 127 Å². The first-order chi connectivity index (χ1) is 9.21. The lowest BCUT2D eigenvalue weighted by molar-refractivity contribution is 0.277. The van der Waals surface area contributed by atoms with Gasteiger partial charge in [-0.3, -0.25) is 0 Å². The van der Waals surface area contributed by atoms with Crippen LogP contribution in [0.25, 0.3) is 0 Å². The van der Waals surface area contributed by atoms with Gasteiger partial charge in [-0.15, -0.1) is 0 Å². The third-order valence-electron chi connectivity index (χ3n) is 3.53. The SMILES string of the molecule is CNC(Cc1cc(Cl)ccc1F)CC(C)CC(C)(C)C. The highest BCUT2D eigenvalue weighted by molar-refractivity contribution is 6.30. The summed E-state index contributed by atoms with van der Waals surface area (Å²) in [7, 11) is 1.94. The molecule has 0 aromatic heterocycles. The van der Waals surface area contributed by atoms with Crippen LogP contribution in [0.15, 0.2) is 18.2 Å². The predicted molar refractivity (Wildman–Crippen MR) is 85.8 cm³/mol. The quantitative estimate of drug-likeness (QED) is 0.773. The predicted octanol–water partition coefficient (Wildman–Crippen LogP) is 5.07. The Kier molecular flexibility index (Phi) is 6.47. The average molecular weight is 300 g/mol. The second kappa shape index (κ2) is 7.42. The number of nitrogens with one attached hydrogen (secondary N) is 1. The van der Waals surface area contributed by atoms with Crippen LogP contribution in [-0.2, 0) is 6.42 Å². The Hall–Kier alpha value is -0.600. The average Bonchev–Trinajstić information content (AvgIpc) is 2.30. The molecule has 2 atom stereocenters. The van der Waals surface area contributed by atoms with Gasteiger partial charge in [-0.2, -0.15) is 0 Å². The zero-order valence-electron chi connectivity index (χ0n) is 13.3. The summed E-state index contributed by atoms with van der Waals surface area (Å²) in [5, 5.41) is 3.90. The zero-order chi connectivity index (χ0) is 15.3. The van der Waals surface area contributed by atoms with Crippen LogP contribution in [0.5, 0.6) is 0 Å². The summed E-state index contributed by atoms with van der Waals surface area (Å²) < 4.78 is 13.8. The van der Waals surface area contributed by atoms with Crippen molar-refractivity contribution >= 4 is 11.6 Å². The molecule has 0 amide bonds. The maximum absolute atomic E-state index is 13.8. The lowest BCUT2D eigenvalue weighted by Crippen LogP contribution is -2.30. The van der Waals surface area contributed by atoms with Crippen LogP contribution < -0.4 is 5.32 Å². The molecule has 1 N–H and O–H groups in total. The molecule has 0 aliphatic carbocycles. The van der Waals surface area contributed by atoms with Gasteiger partial charge in [-0.05, 0) is 61.4 Å². The van der Waals surface area contributed by atoms with E-state index in [9.17, 15) is 4.39 Å². The molecule has 1 aromatic carbocycles. The molecular weight excluding hydrogens is 273 g/mol. The molecule has 0 fully saturated rings. The van der Waals surface area contributed by atoms with E-state index in [2.05, 4.69) is 33.0 Å². The molecule has 1 rings (SSSR count). The van der Waals surface area contributed by atoms with E-state index in [0.29, 0.717) is 28.3 Å². The highest BCUT2D eigenvalue weighted by Crippen LogP contribution is 2.27. The maximum Gasteiger partial charge on any atom is 0.126 e. The Morgan fingerprint density at radius 1 is 1.30 bits per heavy atom. The van der Waals surface area contributed by atoms with Crippen molar-refractivity contribution < 1.29 is 4.39 Å². The molecule has 3 heteroatoms. The first-order valence-electron chi connectivity index (χ1n) is 7.32. The minimum absolute atomic E-state index is 0.168. The summed E-state index contributed by atoms with van der Waals surface area (Å²) in [4.78, 5) is 0. The number of likely N-dealkylation sites (N-methyl/N-ethyl adjacent to an activating group) is 1. The summed E-state index contributed by atoms with van der Waals surface area (Å²) in [6, 6.07) is 5.05. The van der Waals surface area contributed by atoms with Crippen LogP contribution in [0.1, 0.15) is 46.1 Å². The Balaban J connectivity index is 2.65. The molecule has 1 nitrogen and oxygen atoms in total. The van der Waals surface area contributed by atoms with Gasteiger partial charge < -0.3 is 5.32 Å². The lowest BCUT2D eigenvalue weighted by atomic mass is 9.82. The third kappa shape index (κ3) is 6.23. The minimum atomic E-state index is -0.168. The number of benzene rings is 1. The van der Waals surface area contributed by atoms with Crippen molar-refractivity contribution in [2.24, 2.45) is 11.3 Å². The fourth-order valence-electron chi connectivity index (χ4n) is 2.88. The van der Waals surface area contributed by atoms with Gasteiger partial charge in [-0.1, -0.05) is 39.3 Å². The first-order valence-corrected chi connectivity index (χ1v) is 7.70. The van der Waals surface area contributed by atoms with E-state index in [1.54, 1.807) is 12.1 Å². The number of hydrogen-bond acceptors (Lipinski definition) is 1. The molecule has 0 aliphatic rings. The molecule has 0 heterocycles. The van der Waals surface area contributed by atoms with Gasteiger partial charge in [0.25, 0.3) is 0 Å². The van der Waals surface area contributed by atoms with Crippen LogP contribution in [0.4, 0.5) is 4.39 Å². The molecule has 114 valence electrons. The summed E-state index contributed by atoms with van der Waals surface area (Å²) in [6.07, 6.45) is 2.89. The number of halogens is 2. The number of rotatable bonds is 6. The molecule has 0 aliphatic heterocycles. The van der Waals surface area contributed by atoms with Gasteiger partial charge in [0.05, 0.1) is 0 Å². The van der Waals surface area contributed by atoms with Crippen molar-refractivity contribution in [3.63, 3.8) is 0 Å². The van der Waals surface area contributed by atoms with Gasteiger partial charge >= 0.3 is 0 Å². The van der Waals surface area contributed by atoms with Crippen molar-refractivity contribution in [3.8, 4) is 0 Å². The Morgan fingerprint density at radius 2 is 1.95 bits per heavy atom. The standard InChI is InChI=1S/C17H27ClFN/c1-12(11-17(2,3)4)8-15(20-5)10-13-9-14(18)6-7-16(13)19/h6-7,9,12,15,20H,8,10-11H2,1-5H3. The molecule has 0 spiro atoms. The normalized spacial score (nSPS) is 15.2. The zero-order valence-corrected chi connectivity index (χ0v) is 14.0. The highest BCUT2D eigenvalue weighted by atomic mass is 35.5. The minimum Gasteiger partial charge on any atom is -0.317 e. The van der Waals surface area contributed by atoms with Crippen molar-refractivity contribution in [1.29, 1.82) is 0 Å². The van der Waals surface area contributed by atoms with E-state index < -0.39 is 0 Å². The smallest absolute Gasteiger partial charge is 0.126 e. The second-order valence-corrected chi connectivity index (χ2v) is 7.47. The van der Waals surface area contributed by atoms with Crippen molar-refractivity contribution in [1.82, 2.24) is 5.32 Å². The van der Waals surface area contributed by atoms with E-state index >= 15 is 0 Å². The summed E-state index contributed by atoms with van der Waals surface area (Å²) in [6.45, 7) is 9.04. The van der Waals surface area contributed by atoms with Crippen molar-refractivity contribution in [3.05, 3.63) is 34.6 Å². The molecule has 20 heavy (non-hydrogen) atoms. The van der Waals surface area contributed by atoms with Crippen LogP contribution in [0, 0.1) is 17.2 Å². The summed E-state index contributed by atoms with van der Waals surface area (Å²) in [5.41, 5.74) is 1.03. The van der Waals surface area contributed by atoms with Crippen LogP contribution in [0.2, 0.25) is 5.02 Å². The van der Waals surface area contributed by atoms with Crippen LogP contribution in [0.3, 0.4) is 0 Å². The van der Waals surface area contributed by atoms with Gasteiger partial charge in [0.15, 0.2) is 0 Å². The lowest BCUT2D eigenvalue weighted by Gasteiger charge is -2.26. The molecule has 0 bridgehead atoms. The highest BCUT2D eigenvalue weighted by Gasteiger charge is 2.19. The van der Waals surface area contributed by atoms with Crippen molar-refractivity contribution in [2.75, 3.05) is 7.05 Å².